The Morgan fingerprint density at radius 3 is 2.68 bits per heavy atom. The zero-order valence-corrected chi connectivity index (χ0v) is 15.5. The average molecular weight is 428 g/mol. The van der Waals surface area contributed by atoms with Gasteiger partial charge in [0.25, 0.3) is 0 Å². The number of benzene rings is 2. The highest BCUT2D eigenvalue weighted by Gasteiger charge is 2.18. The van der Waals surface area contributed by atoms with Crippen LogP contribution in [0.5, 0.6) is 11.5 Å². The Labute approximate surface area is 153 Å². The van der Waals surface area contributed by atoms with Crippen LogP contribution in [0.2, 0.25) is 0 Å². The third-order valence-electron chi connectivity index (χ3n) is 3.55. The molecule has 1 N–H and O–H groups in total. The normalized spacial score (nSPS) is 12.9. The lowest BCUT2D eigenvalue weighted by atomic mass is 10.2. The topological polar surface area (TPSA) is 90.9 Å². The molecule has 2 aromatic rings. The molecule has 0 unspecified atom stereocenters. The average Bonchev–Trinajstić information content (AvgIpc) is 3.06. The minimum absolute atomic E-state index is 0.000930. The predicted octanol–water partition coefficient (Wildman–Crippen LogP) is 2.44. The molecule has 0 aliphatic carbocycles. The summed E-state index contributed by atoms with van der Waals surface area (Å²) in [5.74, 6) is 0.570. The molecule has 0 spiro atoms. The largest absolute Gasteiger partial charge is 0.457 e. The van der Waals surface area contributed by atoms with Crippen LogP contribution in [-0.2, 0) is 21.4 Å². The fourth-order valence-corrected chi connectivity index (χ4v) is 3.42. The van der Waals surface area contributed by atoms with Crippen molar-refractivity contribution in [2.45, 2.75) is 11.5 Å². The van der Waals surface area contributed by atoms with Crippen molar-refractivity contribution in [2.24, 2.45) is 0 Å². The van der Waals surface area contributed by atoms with E-state index in [4.69, 9.17) is 14.2 Å². The number of halogens is 1. The van der Waals surface area contributed by atoms with Gasteiger partial charge in [-0.05, 0) is 37.4 Å². The quantitative estimate of drug-likeness (QED) is 0.736. The van der Waals surface area contributed by atoms with Gasteiger partial charge in [0, 0.05) is 10.0 Å². The molecule has 0 saturated carbocycles. The van der Waals surface area contributed by atoms with Gasteiger partial charge >= 0.3 is 5.97 Å². The molecule has 7 nitrogen and oxygen atoms in total. The summed E-state index contributed by atoms with van der Waals surface area (Å²) in [6, 6.07) is 9.11. The van der Waals surface area contributed by atoms with Crippen molar-refractivity contribution in [3.63, 3.8) is 0 Å². The smallest absolute Gasteiger partial charge is 0.338 e. The van der Waals surface area contributed by atoms with E-state index in [1.54, 1.807) is 12.1 Å². The Balaban J connectivity index is 1.75. The Morgan fingerprint density at radius 1 is 1.24 bits per heavy atom. The summed E-state index contributed by atoms with van der Waals surface area (Å²) in [6.45, 7) is 0.150. The zero-order valence-electron chi connectivity index (χ0n) is 13.1. The van der Waals surface area contributed by atoms with Crippen molar-refractivity contribution in [3.05, 3.63) is 52.0 Å². The van der Waals surface area contributed by atoms with Crippen LogP contribution in [0.4, 0.5) is 0 Å². The van der Waals surface area contributed by atoms with Crippen LogP contribution in [0.25, 0.3) is 0 Å². The fourth-order valence-electron chi connectivity index (χ4n) is 2.20. The summed E-state index contributed by atoms with van der Waals surface area (Å²) in [7, 11) is -2.33. The summed E-state index contributed by atoms with van der Waals surface area (Å²) in [4.78, 5) is 12.2. The van der Waals surface area contributed by atoms with Gasteiger partial charge in [0.15, 0.2) is 11.5 Å². The van der Waals surface area contributed by atoms with Gasteiger partial charge in [-0.25, -0.2) is 17.9 Å². The number of hydrogen-bond donors (Lipinski definition) is 1. The van der Waals surface area contributed by atoms with Crippen molar-refractivity contribution in [1.29, 1.82) is 0 Å². The van der Waals surface area contributed by atoms with Crippen LogP contribution in [0.15, 0.2) is 45.8 Å². The Kier molecular flexibility index (Phi) is 4.98. The van der Waals surface area contributed by atoms with Crippen LogP contribution >= 0.6 is 15.9 Å². The third-order valence-corrected chi connectivity index (χ3v) is 5.70. The van der Waals surface area contributed by atoms with E-state index in [0.29, 0.717) is 17.1 Å². The van der Waals surface area contributed by atoms with Gasteiger partial charge < -0.3 is 14.2 Å². The maximum atomic E-state index is 12.2. The van der Waals surface area contributed by atoms with E-state index in [-0.39, 0.29) is 23.9 Å². The first-order chi connectivity index (χ1) is 11.9. The monoisotopic (exact) mass is 427 g/mol. The van der Waals surface area contributed by atoms with E-state index < -0.39 is 16.0 Å². The minimum Gasteiger partial charge on any atom is -0.457 e. The van der Waals surface area contributed by atoms with Gasteiger partial charge in [0.1, 0.15) is 6.61 Å². The highest BCUT2D eigenvalue weighted by molar-refractivity contribution is 9.10. The van der Waals surface area contributed by atoms with Gasteiger partial charge in [-0.15, -0.1) is 0 Å². The van der Waals surface area contributed by atoms with Crippen LogP contribution < -0.4 is 14.2 Å². The first-order valence-corrected chi connectivity index (χ1v) is 9.47. The number of rotatable bonds is 5. The highest BCUT2D eigenvalue weighted by Crippen LogP contribution is 2.37. The molecule has 0 amide bonds. The van der Waals surface area contributed by atoms with Gasteiger partial charge in [0.2, 0.25) is 16.8 Å². The second kappa shape index (κ2) is 7.03. The van der Waals surface area contributed by atoms with Crippen LogP contribution in [-0.4, -0.2) is 28.2 Å². The number of carbonyl (C=O) groups excluding carboxylic acids is 1. The molecule has 0 saturated heterocycles. The first-order valence-electron chi connectivity index (χ1n) is 7.19. The second-order valence-electron chi connectivity index (χ2n) is 5.11. The molecule has 0 bridgehead atoms. The minimum atomic E-state index is -3.63. The molecule has 2 aromatic carbocycles. The van der Waals surface area contributed by atoms with Crippen molar-refractivity contribution in [1.82, 2.24) is 4.72 Å². The number of hydrogen-bond acceptors (Lipinski definition) is 6. The first kappa shape index (κ1) is 17.7. The number of carbonyl (C=O) groups is 1. The molecule has 0 aromatic heterocycles. The number of ether oxygens (including phenoxy) is 3. The van der Waals surface area contributed by atoms with Gasteiger partial charge in [-0.1, -0.05) is 22.0 Å². The lowest BCUT2D eigenvalue weighted by molar-refractivity contribution is 0.0471. The standard InChI is InChI=1S/C16H14BrNO6S/c1-18-25(20,21)12-4-2-3-10(5-12)16(19)22-8-11-6-14-15(7-13(11)17)24-9-23-14/h2-7,18H,8-9H2,1H3. The lowest BCUT2D eigenvalue weighted by Crippen LogP contribution is -2.19. The maximum absolute atomic E-state index is 12.2. The van der Waals surface area contributed by atoms with Crippen molar-refractivity contribution < 1.29 is 27.4 Å². The molecule has 25 heavy (non-hydrogen) atoms. The van der Waals surface area contributed by atoms with Gasteiger partial charge in [0.05, 0.1) is 10.5 Å². The number of fused-ring (bicyclic) bond motifs is 1. The molecule has 132 valence electrons. The molecule has 3 rings (SSSR count). The highest BCUT2D eigenvalue weighted by atomic mass is 79.9. The third kappa shape index (κ3) is 3.78. The van der Waals surface area contributed by atoms with Crippen molar-refractivity contribution in [2.75, 3.05) is 13.8 Å². The molecule has 0 fully saturated rings. The van der Waals surface area contributed by atoms with Gasteiger partial charge in [-0.2, -0.15) is 0 Å². The second-order valence-corrected chi connectivity index (χ2v) is 7.85. The molecule has 0 atom stereocenters. The molecule has 0 radical (unpaired) electrons. The Morgan fingerprint density at radius 2 is 1.96 bits per heavy atom. The van der Waals surface area contributed by atoms with E-state index in [2.05, 4.69) is 20.7 Å². The molecular formula is C16H14BrNO6S. The van der Waals surface area contributed by atoms with Crippen LogP contribution in [0, 0.1) is 0 Å². The molecule has 1 aliphatic rings. The SMILES string of the molecule is CNS(=O)(=O)c1cccc(C(=O)OCc2cc3c(cc2Br)OCO3)c1. The predicted molar refractivity (Wildman–Crippen MR) is 92.1 cm³/mol. The van der Waals surface area contributed by atoms with E-state index >= 15 is 0 Å². The van der Waals surface area contributed by atoms with E-state index in [1.165, 1.54) is 31.3 Å². The van der Waals surface area contributed by atoms with Crippen molar-refractivity contribution >= 4 is 31.9 Å². The number of esters is 1. The number of sulfonamides is 1. The van der Waals surface area contributed by atoms with Crippen LogP contribution in [0.1, 0.15) is 15.9 Å². The summed E-state index contributed by atoms with van der Waals surface area (Å²) < 4.78 is 42.4. The summed E-state index contributed by atoms with van der Waals surface area (Å²) in [6.07, 6.45) is 0. The van der Waals surface area contributed by atoms with E-state index in [9.17, 15) is 13.2 Å². The molecule has 1 heterocycles. The van der Waals surface area contributed by atoms with Gasteiger partial charge in [-0.3, -0.25) is 0 Å². The number of nitrogens with one attached hydrogen (secondary N) is 1. The van der Waals surface area contributed by atoms with Crippen molar-refractivity contribution in [3.8, 4) is 11.5 Å². The van der Waals surface area contributed by atoms with E-state index in [0.717, 1.165) is 4.47 Å². The maximum Gasteiger partial charge on any atom is 0.338 e. The molecule has 9 heteroatoms. The van der Waals surface area contributed by atoms with E-state index in [1.807, 2.05) is 0 Å². The summed E-state index contributed by atoms with van der Waals surface area (Å²) in [5, 5.41) is 0. The molecular weight excluding hydrogens is 414 g/mol. The summed E-state index contributed by atoms with van der Waals surface area (Å²) in [5.41, 5.74) is 0.852. The Bertz CT molecular complexity index is 928. The molecule has 1 aliphatic heterocycles. The zero-order chi connectivity index (χ0) is 18.0. The summed E-state index contributed by atoms with van der Waals surface area (Å²) >= 11 is 3.39. The Hall–Kier alpha value is -2.10. The van der Waals surface area contributed by atoms with Crippen LogP contribution in [0.3, 0.4) is 0 Å². The lowest BCUT2D eigenvalue weighted by Gasteiger charge is -2.09. The fraction of sp³-hybridized carbons (Fsp3) is 0.188.